The van der Waals surface area contributed by atoms with Gasteiger partial charge >= 0.3 is 0 Å². The summed E-state index contributed by atoms with van der Waals surface area (Å²) < 4.78 is 5.42. The van der Waals surface area contributed by atoms with Crippen LogP contribution in [0.25, 0.3) is 0 Å². The summed E-state index contributed by atoms with van der Waals surface area (Å²) in [6.45, 7) is 7.64. The van der Waals surface area contributed by atoms with E-state index in [1.165, 1.54) is 5.56 Å². The molecule has 0 amide bonds. The van der Waals surface area contributed by atoms with Crippen LogP contribution in [0.3, 0.4) is 0 Å². The molecule has 0 aromatic heterocycles. The van der Waals surface area contributed by atoms with Gasteiger partial charge in [-0.15, -0.1) is 0 Å². The van der Waals surface area contributed by atoms with E-state index in [1.807, 2.05) is 26.0 Å². The van der Waals surface area contributed by atoms with Gasteiger partial charge in [0.2, 0.25) is 0 Å². The first-order chi connectivity index (χ1) is 8.44. The molecule has 1 fully saturated rings. The molecule has 3 nitrogen and oxygen atoms in total. The van der Waals surface area contributed by atoms with Crippen molar-refractivity contribution in [2.24, 2.45) is 5.41 Å². The maximum atomic E-state index is 11.9. The molecule has 0 N–H and O–H groups in total. The lowest BCUT2D eigenvalue weighted by molar-refractivity contribution is -0.127. The van der Waals surface area contributed by atoms with Crippen LogP contribution in [0.15, 0.2) is 18.2 Å². The van der Waals surface area contributed by atoms with Gasteiger partial charge in [0.15, 0.2) is 0 Å². The Morgan fingerprint density at radius 2 is 2.06 bits per heavy atom. The minimum Gasteiger partial charge on any atom is -0.495 e. The average Bonchev–Trinajstić information content (AvgIpc) is 2.32. The molecule has 0 saturated carbocycles. The number of hydrogen-bond donors (Lipinski definition) is 0. The first kappa shape index (κ1) is 12.9. The molecule has 1 saturated heterocycles. The van der Waals surface area contributed by atoms with Crippen LogP contribution in [0, 0.1) is 12.3 Å². The zero-order valence-corrected chi connectivity index (χ0v) is 11.6. The third kappa shape index (κ3) is 2.35. The molecule has 3 heteroatoms. The number of carbonyl (C=O) groups is 1. The highest BCUT2D eigenvalue weighted by atomic mass is 16.5. The molecule has 98 valence electrons. The van der Waals surface area contributed by atoms with Gasteiger partial charge in [-0.3, -0.25) is 4.79 Å². The number of hydrogen-bond acceptors (Lipinski definition) is 3. The van der Waals surface area contributed by atoms with Crippen LogP contribution in [-0.2, 0) is 4.79 Å². The monoisotopic (exact) mass is 247 g/mol. The van der Waals surface area contributed by atoms with Crippen molar-refractivity contribution in [1.29, 1.82) is 0 Å². The predicted octanol–water partition coefficient (Wildman–Crippen LogP) is 2.81. The first-order valence-corrected chi connectivity index (χ1v) is 6.37. The number of carbonyl (C=O) groups excluding carboxylic acids is 1. The minimum atomic E-state index is -0.271. The smallest absolute Gasteiger partial charge is 0.142 e. The third-order valence-corrected chi connectivity index (χ3v) is 3.62. The van der Waals surface area contributed by atoms with Crippen molar-refractivity contribution in [1.82, 2.24) is 0 Å². The Kier molecular flexibility index (Phi) is 3.33. The number of aryl methyl sites for hydroxylation is 1. The number of piperidine rings is 1. The van der Waals surface area contributed by atoms with Crippen LogP contribution in [0.1, 0.15) is 25.8 Å². The number of rotatable bonds is 2. The highest BCUT2D eigenvalue weighted by Crippen LogP contribution is 2.35. The minimum absolute atomic E-state index is 0.271. The van der Waals surface area contributed by atoms with Crippen molar-refractivity contribution in [2.75, 3.05) is 25.1 Å². The van der Waals surface area contributed by atoms with Gasteiger partial charge in [0.1, 0.15) is 11.5 Å². The third-order valence-electron chi connectivity index (χ3n) is 3.62. The maximum absolute atomic E-state index is 11.9. The number of ether oxygens (including phenoxy) is 1. The molecule has 1 heterocycles. The molecule has 1 aliphatic rings. The molecule has 0 bridgehead atoms. The molecule has 18 heavy (non-hydrogen) atoms. The highest BCUT2D eigenvalue weighted by molar-refractivity contribution is 5.87. The molecule has 2 rings (SSSR count). The number of benzene rings is 1. The standard InChI is InChI=1S/C15H21NO2/c1-11-5-6-13(18-4)12(9-11)16-8-7-14(17)15(2,3)10-16/h5-6,9H,7-8,10H2,1-4H3. The van der Waals surface area contributed by atoms with Crippen LogP contribution in [0.4, 0.5) is 5.69 Å². The molecule has 1 aromatic carbocycles. The quantitative estimate of drug-likeness (QED) is 0.805. The Morgan fingerprint density at radius 3 is 2.67 bits per heavy atom. The number of methoxy groups -OCH3 is 1. The van der Waals surface area contributed by atoms with Crippen LogP contribution in [0.2, 0.25) is 0 Å². The molecule has 1 aromatic rings. The van der Waals surface area contributed by atoms with E-state index in [9.17, 15) is 4.79 Å². The SMILES string of the molecule is COc1ccc(C)cc1N1CCC(=O)C(C)(C)C1. The Balaban J connectivity index is 2.32. The molecule has 1 aliphatic heterocycles. The molecular formula is C15H21NO2. The number of ketones is 1. The van der Waals surface area contributed by atoms with E-state index in [2.05, 4.69) is 17.9 Å². The summed E-state index contributed by atoms with van der Waals surface area (Å²) in [5, 5.41) is 0. The van der Waals surface area contributed by atoms with E-state index >= 15 is 0 Å². The van der Waals surface area contributed by atoms with E-state index in [1.54, 1.807) is 7.11 Å². The van der Waals surface area contributed by atoms with Gasteiger partial charge in [0.05, 0.1) is 12.8 Å². The zero-order chi connectivity index (χ0) is 13.3. The predicted molar refractivity (Wildman–Crippen MR) is 73.3 cm³/mol. The van der Waals surface area contributed by atoms with Gasteiger partial charge < -0.3 is 9.64 Å². The molecular weight excluding hydrogens is 226 g/mol. The fraction of sp³-hybridized carbons (Fsp3) is 0.533. The summed E-state index contributed by atoms with van der Waals surface area (Å²) in [5.41, 5.74) is 2.03. The van der Waals surface area contributed by atoms with E-state index < -0.39 is 0 Å². The van der Waals surface area contributed by atoms with Gasteiger partial charge in [-0.1, -0.05) is 19.9 Å². The number of Topliss-reactive ketones (excluding diaryl/α,β-unsaturated/α-hetero) is 1. The van der Waals surface area contributed by atoms with Gasteiger partial charge in [-0.25, -0.2) is 0 Å². The van der Waals surface area contributed by atoms with Gasteiger partial charge in [0, 0.05) is 24.9 Å². The maximum Gasteiger partial charge on any atom is 0.142 e. The average molecular weight is 247 g/mol. The van der Waals surface area contributed by atoms with Crippen LogP contribution in [0.5, 0.6) is 5.75 Å². The lowest BCUT2D eigenvalue weighted by Gasteiger charge is -2.38. The van der Waals surface area contributed by atoms with E-state index in [-0.39, 0.29) is 5.41 Å². The van der Waals surface area contributed by atoms with E-state index in [0.29, 0.717) is 12.2 Å². The second-order valence-corrected chi connectivity index (χ2v) is 5.65. The van der Waals surface area contributed by atoms with Gasteiger partial charge in [-0.05, 0) is 24.6 Å². The molecule has 0 atom stereocenters. The highest BCUT2D eigenvalue weighted by Gasteiger charge is 2.34. The van der Waals surface area contributed by atoms with Crippen LogP contribution >= 0.6 is 0 Å². The normalized spacial score (nSPS) is 18.9. The topological polar surface area (TPSA) is 29.5 Å². The van der Waals surface area contributed by atoms with Gasteiger partial charge in [0.25, 0.3) is 0 Å². The molecule has 0 unspecified atom stereocenters. The zero-order valence-electron chi connectivity index (χ0n) is 11.6. The van der Waals surface area contributed by atoms with Crippen molar-refractivity contribution in [2.45, 2.75) is 27.2 Å². The Bertz CT molecular complexity index is 466. The summed E-state index contributed by atoms with van der Waals surface area (Å²) in [4.78, 5) is 14.1. The van der Waals surface area contributed by atoms with Crippen LogP contribution in [-0.4, -0.2) is 26.0 Å². The van der Waals surface area contributed by atoms with Crippen molar-refractivity contribution in [3.63, 3.8) is 0 Å². The Labute approximate surface area is 109 Å². The molecule has 0 aliphatic carbocycles. The van der Waals surface area contributed by atoms with Crippen molar-refractivity contribution in [3.05, 3.63) is 23.8 Å². The van der Waals surface area contributed by atoms with Crippen LogP contribution < -0.4 is 9.64 Å². The summed E-state index contributed by atoms with van der Waals surface area (Å²) in [5.74, 6) is 1.23. The number of nitrogens with zero attached hydrogens (tertiary/aromatic N) is 1. The summed E-state index contributed by atoms with van der Waals surface area (Å²) in [6, 6.07) is 6.17. The van der Waals surface area contributed by atoms with Crippen molar-refractivity contribution < 1.29 is 9.53 Å². The fourth-order valence-electron chi connectivity index (χ4n) is 2.47. The lowest BCUT2D eigenvalue weighted by Crippen LogP contribution is -2.46. The fourth-order valence-corrected chi connectivity index (χ4v) is 2.47. The van der Waals surface area contributed by atoms with E-state index in [0.717, 1.165) is 24.5 Å². The molecule has 0 radical (unpaired) electrons. The second kappa shape index (κ2) is 4.63. The molecule has 0 spiro atoms. The number of anilines is 1. The summed E-state index contributed by atoms with van der Waals surface area (Å²) >= 11 is 0. The van der Waals surface area contributed by atoms with E-state index in [4.69, 9.17) is 4.74 Å². The first-order valence-electron chi connectivity index (χ1n) is 6.37. The van der Waals surface area contributed by atoms with Crippen molar-refractivity contribution in [3.8, 4) is 5.75 Å². The second-order valence-electron chi connectivity index (χ2n) is 5.65. The Morgan fingerprint density at radius 1 is 1.33 bits per heavy atom. The van der Waals surface area contributed by atoms with Crippen molar-refractivity contribution >= 4 is 11.5 Å². The lowest BCUT2D eigenvalue weighted by atomic mass is 9.82. The Hall–Kier alpha value is -1.51. The summed E-state index contributed by atoms with van der Waals surface area (Å²) in [6.07, 6.45) is 0.615. The van der Waals surface area contributed by atoms with Gasteiger partial charge in [-0.2, -0.15) is 0 Å². The summed E-state index contributed by atoms with van der Waals surface area (Å²) in [7, 11) is 1.69. The largest absolute Gasteiger partial charge is 0.495 e.